The molecule has 1 aromatic heterocycles. The summed E-state index contributed by atoms with van der Waals surface area (Å²) in [6.07, 6.45) is 6.04. The number of nitrogens with zero attached hydrogens (tertiary/aromatic N) is 1. The monoisotopic (exact) mass is 660 g/mol. The summed E-state index contributed by atoms with van der Waals surface area (Å²) in [4.78, 5) is 44.4. The summed E-state index contributed by atoms with van der Waals surface area (Å²) in [5, 5.41) is 10.00. The fraction of sp³-hybridized carbons (Fsp3) is 0.235. The van der Waals surface area contributed by atoms with Gasteiger partial charge in [-0.05, 0) is 78.8 Å². The molecule has 0 aliphatic heterocycles. The predicted molar refractivity (Wildman–Crippen MR) is 177 cm³/mol. The number of benzene rings is 3. The molecule has 9 heteroatoms. The van der Waals surface area contributed by atoms with Crippen molar-refractivity contribution in [1.29, 1.82) is 0 Å². The number of anilines is 1. The molecule has 4 rings (SSSR count). The van der Waals surface area contributed by atoms with E-state index in [4.69, 9.17) is 11.6 Å². The molecule has 0 radical (unpaired) electrons. The topological polar surface area (TPSA) is 100 Å². The van der Waals surface area contributed by atoms with E-state index in [0.717, 1.165) is 21.0 Å². The van der Waals surface area contributed by atoms with Gasteiger partial charge in [-0.1, -0.05) is 83.8 Å². The van der Waals surface area contributed by atoms with E-state index in [1.165, 1.54) is 6.08 Å². The van der Waals surface area contributed by atoms with Crippen LogP contribution >= 0.6 is 27.5 Å². The smallest absolute Gasteiger partial charge is 0.246 e. The third-order valence-corrected chi connectivity index (χ3v) is 7.56. The van der Waals surface area contributed by atoms with Crippen molar-refractivity contribution in [1.82, 2.24) is 15.6 Å². The number of rotatable bonds is 12. The van der Waals surface area contributed by atoms with Gasteiger partial charge in [-0.2, -0.15) is 0 Å². The fourth-order valence-corrected chi connectivity index (χ4v) is 5.05. The summed E-state index contributed by atoms with van der Waals surface area (Å²) >= 11 is 9.53. The van der Waals surface area contributed by atoms with E-state index < -0.39 is 23.9 Å². The zero-order chi connectivity index (χ0) is 30.8. The largest absolute Gasteiger partial charge is 0.342 e. The van der Waals surface area contributed by atoms with E-state index in [9.17, 15) is 14.4 Å². The second-order valence-corrected chi connectivity index (χ2v) is 12.0. The van der Waals surface area contributed by atoms with E-state index >= 15 is 0 Å². The molecule has 0 unspecified atom stereocenters. The van der Waals surface area contributed by atoms with Crippen LogP contribution in [-0.4, -0.2) is 34.8 Å². The Labute approximate surface area is 265 Å². The molecular weight excluding hydrogens is 628 g/mol. The zero-order valence-corrected chi connectivity index (χ0v) is 26.4. The fourth-order valence-electron chi connectivity index (χ4n) is 4.62. The van der Waals surface area contributed by atoms with Gasteiger partial charge in [-0.3, -0.25) is 19.4 Å². The number of carbonyl (C=O) groups is 3. The number of hydrogen-bond donors (Lipinski definition) is 3. The van der Waals surface area contributed by atoms with Gasteiger partial charge in [0.1, 0.15) is 12.1 Å². The first-order valence-electron chi connectivity index (χ1n) is 14.1. The van der Waals surface area contributed by atoms with Crippen LogP contribution in [0.1, 0.15) is 37.8 Å². The Morgan fingerprint density at radius 1 is 0.907 bits per heavy atom. The average Bonchev–Trinajstić information content (AvgIpc) is 2.98. The lowest BCUT2D eigenvalue weighted by atomic mass is 10.0. The number of amides is 3. The Balaban J connectivity index is 1.51. The minimum atomic E-state index is -0.854. The van der Waals surface area contributed by atoms with Crippen LogP contribution in [0.15, 0.2) is 95.6 Å². The van der Waals surface area contributed by atoms with E-state index in [0.29, 0.717) is 35.5 Å². The maximum Gasteiger partial charge on any atom is 0.246 e. The quantitative estimate of drug-likeness (QED) is 0.143. The molecule has 3 amide bonds. The summed E-state index contributed by atoms with van der Waals surface area (Å²) in [5.41, 5.74) is 3.11. The SMILES string of the molecule is CC(C)C[C@@H](NC(=O)/C=C/c1ccc(Br)cc1)C(=O)N[C@H](CCc1ccccc1)C(=O)Nc1ccnc2cc(Cl)ccc12. The van der Waals surface area contributed by atoms with Gasteiger partial charge in [0.2, 0.25) is 17.7 Å². The second-order valence-electron chi connectivity index (χ2n) is 10.7. The zero-order valence-electron chi connectivity index (χ0n) is 24.0. The third-order valence-electron chi connectivity index (χ3n) is 6.80. The molecule has 0 spiro atoms. The molecule has 1 heterocycles. The molecule has 3 aromatic carbocycles. The number of aryl methyl sites for hydroxylation is 1. The molecule has 43 heavy (non-hydrogen) atoms. The van der Waals surface area contributed by atoms with Crippen molar-refractivity contribution in [2.24, 2.45) is 5.92 Å². The van der Waals surface area contributed by atoms with Crippen LogP contribution < -0.4 is 16.0 Å². The second kappa shape index (κ2) is 15.5. The molecule has 0 saturated heterocycles. The Kier molecular flexibility index (Phi) is 11.5. The van der Waals surface area contributed by atoms with Crippen molar-refractivity contribution in [3.05, 3.63) is 112 Å². The lowest BCUT2D eigenvalue weighted by Gasteiger charge is -2.24. The minimum Gasteiger partial charge on any atom is -0.342 e. The van der Waals surface area contributed by atoms with Gasteiger partial charge < -0.3 is 16.0 Å². The van der Waals surface area contributed by atoms with Gasteiger partial charge in [0.25, 0.3) is 0 Å². The molecule has 0 saturated carbocycles. The maximum absolute atomic E-state index is 13.7. The lowest BCUT2D eigenvalue weighted by Crippen LogP contribution is -2.53. The number of pyridine rings is 1. The molecular formula is C34H34BrClN4O3. The Bertz CT molecular complexity index is 1590. The van der Waals surface area contributed by atoms with Crippen LogP contribution in [-0.2, 0) is 20.8 Å². The first-order chi connectivity index (χ1) is 20.7. The predicted octanol–water partition coefficient (Wildman–Crippen LogP) is 6.95. The standard InChI is InChI=1S/C34H34BrClN4O3/c1-22(2)20-31(38-32(41)17-11-24-8-12-25(35)13-9-24)34(43)40-29(16-10-23-6-4-3-5-7-23)33(42)39-28-18-19-37-30-21-26(36)14-15-27(28)30/h3-9,11-15,17-19,21-22,29,31H,10,16,20H2,1-2H3,(H,38,41)(H,40,43)(H,37,39,42)/b17-11+/t29-,31-/m1/s1. The number of halogens is 2. The van der Waals surface area contributed by atoms with E-state index in [-0.39, 0.29) is 11.8 Å². The first-order valence-corrected chi connectivity index (χ1v) is 15.3. The van der Waals surface area contributed by atoms with Gasteiger partial charge in [0.15, 0.2) is 0 Å². The van der Waals surface area contributed by atoms with Gasteiger partial charge >= 0.3 is 0 Å². The highest BCUT2D eigenvalue weighted by Gasteiger charge is 2.27. The molecule has 7 nitrogen and oxygen atoms in total. The van der Waals surface area contributed by atoms with E-state index in [1.807, 2.05) is 68.4 Å². The summed E-state index contributed by atoms with van der Waals surface area (Å²) < 4.78 is 0.940. The van der Waals surface area contributed by atoms with Crippen molar-refractivity contribution < 1.29 is 14.4 Å². The molecule has 0 aliphatic rings. The summed E-state index contributed by atoms with van der Waals surface area (Å²) in [6.45, 7) is 3.95. The summed E-state index contributed by atoms with van der Waals surface area (Å²) in [5.74, 6) is -1.05. The normalized spacial score (nSPS) is 12.7. The summed E-state index contributed by atoms with van der Waals surface area (Å²) in [7, 11) is 0. The maximum atomic E-state index is 13.7. The van der Waals surface area contributed by atoms with Crippen LogP contribution in [0.4, 0.5) is 5.69 Å². The van der Waals surface area contributed by atoms with Crippen LogP contribution in [0, 0.1) is 5.92 Å². The van der Waals surface area contributed by atoms with Crippen LogP contribution in [0.25, 0.3) is 17.0 Å². The third kappa shape index (κ3) is 9.76. The van der Waals surface area contributed by atoms with Crippen molar-refractivity contribution in [2.75, 3.05) is 5.32 Å². The van der Waals surface area contributed by atoms with Crippen LogP contribution in [0.2, 0.25) is 5.02 Å². The van der Waals surface area contributed by atoms with Crippen molar-refractivity contribution in [2.45, 2.75) is 45.2 Å². The van der Waals surface area contributed by atoms with Crippen molar-refractivity contribution in [3.63, 3.8) is 0 Å². The number of nitrogens with one attached hydrogen (secondary N) is 3. The lowest BCUT2D eigenvalue weighted by molar-refractivity contribution is -0.130. The summed E-state index contributed by atoms with van der Waals surface area (Å²) in [6, 6.07) is 22.6. The molecule has 4 aromatic rings. The number of aromatic nitrogens is 1. The van der Waals surface area contributed by atoms with Gasteiger partial charge in [-0.15, -0.1) is 0 Å². The number of carbonyl (C=O) groups excluding carboxylic acids is 3. The van der Waals surface area contributed by atoms with Gasteiger partial charge in [0.05, 0.1) is 11.2 Å². The van der Waals surface area contributed by atoms with Crippen LogP contribution in [0.5, 0.6) is 0 Å². The van der Waals surface area contributed by atoms with Crippen molar-refractivity contribution in [3.8, 4) is 0 Å². The number of fused-ring (bicyclic) bond motifs is 1. The van der Waals surface area contributed by atoms with Crippen molar-refractivity contribution >= 4 is 67.9 Å². The van der Waals surface area contributed by atoms with Gasteiger partial charge in [0, 0.05) is 27.2 Å². The van der Waals surface area contributed by atoms with E-state index in [2.05, 4.69) is 36.9 Å². The molecule has 222 valence electrons. The molecule has 2 atom stereocenters. The highest BCUT2D eigenvalue weighted by atomic mass is 79.9. The minimum absolute atomic E-state index is 0.123. The Hall–Kier alpha value is -4.01. The highest BCUT2D eigenvalue weighted by Crippen LogP contribution is 2.25. The Morgan fingerprint density at radius 2 is 1.65 bits per heavy atom. The molecule has 3 N–H and O–H groups in total. The molecule has 0 fully saturated rings. The van der Waals surface area contributed by atoms with E-state index in [1.54, 1.807) is 36.5 Å². The Morgan fingerprint density at radius 3 is 2.37 bits per heavy atom. The number of hydrogen-bond acceptors (Lipinski definition) is 4. The molecule has 0 aliphatic carbocycles. The highest BCUT2D eigenvalue weighted by molar-refractivity contribution is 9.10. The first kappa shape index (κ1) is 31.9. The van der Waals surface area contributed by atoms with Gasteiger partial charge in [-0.25, -0.2) is 0 Å². The average molecular weight is 662 g/mol. The molecule has 0 bridgehead atoms. The van der Waals surface area contributed by atoms with Crippen LogP contribution in [0.3, 0.4) is 0 Å².